The third-order valence-corrected chi connectivity index (χ3v) is 7.90. The topological polar surface area (TPSA) is 75.7 Å². The smallest absolute Gasteiger partial charge is 0.243 e. The quantitative estimate of drug-likeness (QED) is 0.753. The molecule has 4 rings (SSSR count). The number of hydrogen-bond donors (Lipinski definition) is 1. The van der Waals surface area contributed by atoms with Gasteiger partial charge in [0.15, 0.2) is 0 Å². The van der Waals surface area contributed by atoms with Crippen molar-refractivity contribution in [2.24, 2.45) is 5.92 Å². The molecule has 2 aliphatic rings. The number of amides is 1. The van der Waals surface area contributed by atoms with E-state index in [4.69, 9.17) is 4.74 Å². The van der Waals surface area contributed by atoms with Crippen molar-refractivity contribution in [1.29, 1.82) is 0 Å². The summed E-state index contributed by atoms with van der Waals surface area (Å²) in [7, 11) is -3.62. The minimum Gasteiger partial charge on any atom is -0.491 e. The number of nitrogens with zero attached hydrogens (tertiary/aromatic N) is 1. The highest BCUT2D eigenvalue weighted by atomic mass is 32.2. The summed E-state index contributed by atoms with van der Waals surface area (Å²) in [6, 6.07) is 15.5. The van der Waals surface area contributed by atoms with Crippen LogP contribution >= 0.6 is 0 Å². The Kier molecular flexibility index (Phi) is 5.84. The highest BCUT2D eigenvalue weighted by molar-refractivity contribution is 7.89. The fourth-order valence-corrected chi connectivity index (χ4v) is 6.58. The lowest BCUT2D eigenvalue weighted by atomic mass is 9.91. The molecule has 160 valence electrons. The van der Waals surface area contributed by atoms with E-state index in [9.17, 15) is 13.2 Å². The van der Waals surface area contributed by atoms with Gasteiger partial charge in [0.25, 0.3) is 0 Å². The third-order valence-electron chi connectivity index (χ3n) is 5.91. The minimum absolute atomic E-state index is 0.0169. The Balaban J connectivity index is 1.50. The second-order valence-electron chi connectivity index (χ2n) is 8.31. The van der Waals surface area contributed by atoms with Gasteiger partial charge in [-0.25, -0.2) is 8.42 Å². The van der Waals surface area contributed by atoms with Crippen LogP contribution in [-0.2, 0) is 14.8 Å². The van der Waals surface area contributed by atoms with Crippen molar-refractivity contribution >= 4 is 21.6 Å². The van der Waals surface area contributed by atoms with Gasteiger partial charge < -0.3 is 10.1 Å². The summed E-state index contributed by atoms with van der Waals surface area (Å²) in [6.45, 7) is 3.92. The second kappa shape index (κ2) is 8.40. The average molecular weight is 429 g/mol. The molecule has 2 bridgehead atoms. The summed E-state index contributed by atoms with van der Waals surface area (Å²) >= 11 is 0. The van der Waals surface area contributed by atoms with E-state index in [2.05, 4.69) is 5.32 Å². The van der Waals surface area contributed by atoms with Crippen molar-refractivity contribution < 1.29 is 17.9 Å². The molecule has 2 saturated heterocycles. The molecule has 6 nitrogen and oxygen atoms in total. The molecule has 0 aromatic heterocycles. The molecule has 3 atom stereocenters. The Morgan fingerprint density at radius 3 is 2.33 bits per heavy atom. The number of rotatable bonds is 6. The van der Waals surface area contributed by atoms with Crippen LogP contribution in [0.1, 0.15) is 39.5 Å². The maximum Gasteiger partial charge on any atom is 0.243 e. The largest absolute Gasteiger partial charge is 0.491 e. The predicted molar refractivity (Wildman–Crippen MR) is 116 cm³/mol. The zero-order valence-corrected chi connectivity index (χ0v) is 18.1. The van der Waals surface area contributed by atoms with Crippen molar-refractivity contribution in [1.82, 2.24) is 4.31 Å². The van der Waals surface area contributed by atoms with Gasteiger partial charge >= 0.3 is 0 Å². The van der Waals surface area contributed by atoms with E-state index in [0.717, 1.165) is 18.6 Å². The van der Waals surface area contributed by atoms with Gasteiger partial charge in [-0.1, -0.05) is 18.2 Å². The van der Waals surface area contributed by atoms with E-state index in [1.165, 1.54) is 0 Å². The van der Waals surface area contributed by atoms with Gasteiger partial charge in [0.2, 0.25) is 15.9 Å². The van der Waals surface area contributed by atoms with Gasteiger partial charge in [-0.2, -0.15) is 4.31 Å². The van der Waals surface area contributed by atoms with Crippen molar-refractivity contribution in [3.05, 3.63) is 54.6 Å². The lowest BCUT2D eigenvalue weighted by Gasteiger charge is -2.38. The molecule has 3 unspecified atom stereocenters. The Morgan fingerprint density at radius 2 is 1.67 bits per heavy atom. The highest BCUT2D eigenvalue weighted by Gasteiger charge is 2.50. The molecular formula is C23H28N2O4S. The molecule has 2 aromatic rings. The molecule has 0 spiro atoms. The number of benzene rings is 2. The number of sulfonamides is 1. The van der Waals surface area contributed by atoms with Gasteiger partial charge in [-0.05, 0) is 75.9 Å². The molecule has 1 amide bonds. The number of anilines is 1. The van der Waals surface area contributed by atoms with Gasteiger partial charge in [-0.15, -0.1) is 0 Å². The Hall–Kier alpha value is -2.38. The molecule has 2 aliphatic heterocycles. The molecule has 0 aliphatic carbocycles. The van der Waals surface area contributed by atoms with E-state index >= 15 is 0 Å². The molecule has 30 heavy (non-hydrogen) atoms. The van der Waals surface area contributed by atoms with Crippen molar-refractivity contribution in [3.8, 4) is 5.75 Å². The van der Waals surface area contributed by atoms with Crippen LogP contribution in [0.3, 0.4) is 0 Å². The third kappa shape index (κ3) is 4.09. The Bertz CT molecular complexity index is 990. The van der Waals surface area contributed by atoms with Crippen LogP contribution in [0.2, 0.25) is 0 Å². The van der Waals surface area contributed by atoms with Crippen LogP contribution < -0.4 is 10.1 Å². The fraction of sp³-hybridized carbons (Fsp3) is 0.435. The molecular weight excluding hydrogens is 400 g/mol. The first-order chi connectivity index (χ1) is 14.4. The highest BCUT2D eigenvalue weighted by Crippen LogP contribution is 2.43. The van der Waals surface area contributed by atoms with E-state index in [-0.39, 0.29) is 30.0 Å². The summed E-state index contributed by atoms with van der Waals surface area (Å²) in [5.41, 5.74) is 0.689. The number of ether oxygens (including phenoxy) is 1. The lowest BCUT2D eigenvalue weighted by molar-refractivity contribution is -0.122. The zero-order chi connectivity index (χ0) is 21.3. The zero-order valence-electron chi connectivity index (χ0n) is 17.3. The normalized spacial score (nSPS) is 24.0. The average Bonchev–Trinajstić information content (AvgIpc) is 3.04. The minimum atomic E-state index is -3.62. The van der Waals surface area contributed by atoms with Crippen LogP contribution in [-0.4, -0.2) is 36.8 Å². The van der Waals surface area contributed by atoms with Crippen LogP contribution in [0, 0.1) is 5.92 Å². The second-order valence-corrected chi connectivity index (χ2v) is 10.2. The van der Waals surface area contributed by atoms with Gasteiger partial charge in [0.05, 0.1) is 16.9 Å². The SMILES string of the molecule is CC(C)Oc1ccc(NC(=O)C2CCC3CCC2N3S(=O)(=O)c2ccccc2)cc1. The standard InChI is InChI=1S/C23H28N2O4S/c1-16(2)29-19-12-8-17(9-13-19)24-23(26)21-14-10-18-11-15-22(21)25(18)30(27,28)20-6-4-3-5-7-20/h3-9,12-13,16,18,21-22H,10-11,14-15H2,1-2H3,(H,24,26). The summed E-state index contributed by atoms with van der Waals surface area (Å²) in [5, 5.41) is 2.97. The molecule has 0 radical (unpaired) electrons. The van der Waals surface area contributed by atoms with E-state index < -0.39 is 10.0 Å². The molecule has 0 saturated carbocycles. The Morgan fingerprint density at radius 1 is 1.00 bits per heavy atom. The summed E-state index contributed by atoms with van der Waals surface area (Å²) in [6.07, 6.45) is 3.02. The summed E-state index contributed by atoms with van der Waals surface area (Å²) in [5.74, 6) is 0.277. The number of piperidine rings is 1. The first-order valence-electron chi connectivity index (χ1n) is 10.5. The van der Waals surface area contributed by atoms with Crippen LogP contribution in [0.4, 0.5) is 5.69 Å². The van der Waals surface area contributed by atoms with Gasteiger partial charge in [-0.3, -0.25) is 4.79 Å². The number of hydrogen-bond acceptors (Lipinski definition) is 4. The predicted octanol–water partition coefficient (Wildman–Crippen LogP) is 4.04. The first kappa shape index (κ1) is 20.9. The first-order valence-corrected chi connectivity index (χ1v) is 12.0. The van der Waals surface area contributed by atoms with E-state index in [0.29, 0.717) is 23.4 Å². The van der Waals surface area contributed by atoms with Crippen LogP contribution in [0.25, 0.3) is 0 Å². The van der Waals surface area contributed by atoms with Crippen molar-refractivity contribution in [2.45, 2.75) is 62.6 Å². The summed E-state index contributed by atoms with van der Waals surface area (Å²) in [4.78, 5) is 13.4. The van der Waals surface area contributed by atoms with E-state index in [1.807, 2.05) is 38.1 Å². The molecule has 7 heteroatoms. The fourth-order valence-electron chi connectivity index (χ4n) is 4.62. The van der Waals surface area contributed by atoms with Crippen LogP contribution in [0.15, 0.2) is 59.5 Å². The molecule has 2 heterocycles. The maximum absolute atomic E-state index is 13.3. The van der Waals surface area contributed by atoms with E-state index in [1.54, 1.807) is 34.6 Å². The number of carbonyl (C=O) groups excluding carboxylic acids is 1. The maximum atomic E-state index is 13.3. The monoisotopic (exact) mass is 428 g/mol. The van der Waals surface area contributed by atoms with Crippen LogP contribution in [0.5, 0.6) is 5.75 Å². The van der Waals surface area contributed by atoms with Gasteiger partial charge in [0, 0.05) is 17.8 Å². The number of fused-ring (bicyclic) bond motifs is 2. The number of nitrogens with one attached hydrogen (secondary N) is 1. The number of carbonyl (C=O) groups is 1. The Labute approximate surface area is 178 Å². The lowest BCUT2D eigenvalue weighted by Crippen LogP contribution is -2.51. The van der Waals surface area contributed by atoms with Gasteiger partial charge in [0.1, 0.15) is 5.75 Å². The molecule has 2 fully saturated rings. The molecule has 1 N–H and O–H groups in total. The van der Waals surface area contributed by atoms with Crippen molar-refractivity contribution in [2.75, 3.05) is 5.32 Å². The molecule has 2 aromatic carbocycles. The van der Waals surface area contributed by atoms with Crippen molar-refractivity contribution in [3.63, 3.8) is 0 Å². The summed E-state index contributed by atoms with van der Waals surface area (Å²) < 4.78 is 33.8.